The van der Waals surface area contributed by atoms with E-state index in [-0.39, 0.29) is 36.1 Å². The fourth-order valence-electron chi connectivity index (χ4n) is 5.94. The molecule has 10 heteroatoms. The van der Waals surface area contributed by atoms with Crippen LogP contribution in [-0.2, 0) is 25.9 Å². The highest BCUT2D eigenvalue weighted by atomic mass is 32.2. The molecule has 0 bridgehead atoms. The van der Waals surface area contributed by atoms with E-state index in [0.717, 1.165) is 25.0 Å². The summed E-state index contributed by atoms with van der Waals surface area (Å²) < 4.78 is 40.8. The van der Waals surface area contributed by atoms with Gasteiger partial charge in [0.2, 0.25) is 10.0 Å². The van der Waals surface area contributed by atoms with Gasteiger partial charge < -0.3 is 19.9 Å². The van der Waals surface area contributed by atoms with Crippen LogP contribution in [-0.4, -0.2) is 73.0 Å². The standard InChI is InChI=1S/C31H39N3O6S/c1-21(2)19-34(41(37,38)29-12-6-10-23-11-7-14-32-30(23)29)20-27(35)26(16-22-8-4-3-5-9-22)33-31(36)40-25-17-24-13-15-39-28(24)18-25/h3-12,14,21,24-28,35H,13,15-20H2,1-2H3,(H,33,36)/t24?,25?,26-,27+,28+/m0/s1. The predicted octanol–water partition coefficient (Wildman–Crippen LogP) is 4.15. The summed E-state index contributed by atoms with van der Waals surface area (Å²) in [6.07, 6.45) is 2.37. The second-order valence-corrected chi connectivity index (χ2v) is 13.4. The molecule has 5 atom stereocenters. The van der Waals surface area contributed by atoms with Gasteiger partial charge in [-0.3, -0.25) is 4.98 Å². The van der Waals surface area contributed by atoms with Crippen molar-refractivity contribution >= 4 is 27.0 Å². The van der Waals surface area contributed by atoms with Crippen LogP contribution in [0.3, 0.4) is 0 Å². The Balaban J connectivity index is 1.36. The summed E-state index contributed by atoms with van der Waals surface area (Å²) in [4.78, 5) is 17.5. The molecule has 2 aliphatic rings. The van der Waals surface area contributed by atoms with E-state index in [0.29, 0.717) is 29.7 Å². The van der Waals surface area contributed by atoms with Gasteiger partial charge in [0.25, 0.3) is 0 Å². The second kappa shape index (κ2) is 12.9. The Morgan fingerprint density at radius 2 is 1.88 bits per heavy atom. The Labute approximate surface area is 241 Å². The number of hydrogen-bond donors (Lipinski definition) is 2. The molecule has 2 heterocycles. The van der Waals surface area contributed by atoms with Crippen molar-refractivity contribution in [3.8, 4) is 0 Å². The average Bonchev–Trinajstić information content (AvgIpc) is 3.54. The minimum atomic E-state index is -4.03. The zero-order valence-electron chi connectivity index (χ0n) is 23.6. The first kappa shape index (κ1) is 29.4. The third kappa shape index (κ3) is 7.06. The average molecular weight is 582 g/mol. The van der Waals surface area contributed by atoms with Gasteiger partial charge in [0, 0.05) is 37.7 Å². The van der Waals surface area contributed by atoms with Gasteiger partial charge in [-0.05, 0) is 48.8 Å². The van der Waals surface area contributed by atoms with Crippen molar-refractivity contribution in [3.05, 3.63) is 72.4 Å². The number of hydrogen-bond acceptors (Lipinski definition) is 7. The van der Waals surface area contributed by atoms with Crippen LogP contribution in [0.25, 0.3) is 10.9 Å². The van der Waals surface area contributed by atoms with Crippen molar-refractivity contribution in [2.75, 3.05) is 19.7 Å². The van der Waals surface area contributed by atoms with Crippen LogP contribution in [0.4, 0.5) is 4.79 Å². The van der Waals surface area contributed by atoms with E-state index >= 15 is 0 Å². The second-order valence-electron chi connectivity index (χ2n) is 11.5. The van der Waals surface area contributed by atoms with Crippen molar-refractivity contribution in [1.82, 2.24) is 14.6 Å². The molecule has 2 fully saturated rings. The SMILES string of the molecule is CC(C)CN(C[C@@H](O)[C@H](Cc1ccccc1)NC(=O)OC1CC2CCO[C@@H]2C1)S(=O)(=O)c1cccc2cccnc12. The number of nitrogens with zero attached hydrogens (tertiary/aromatic N) is 2. The van der Waals surface area contributed by atoms with Crippen LogP contribution < -0.4 is 5.32 Å². The Hall–Kier alpha value is -3.05. The maximum Gasteiger partial charge on any atom is 0.407 e. The van der Waals surface area contributed by atoms with E-state index in [2.05, 4.69) is 10.3 Å². The van der Waals surface area contributed by atoms with E-state index in [9.17, 15) is 18.3 Å². The van der Waals surface area contributed by atoms with Gasteiger partial charge in [-0.25, -0.2) is 13.2 Å². The van der Waals surface area contributed by atoms with E-state index in [1.165, 1.54) is 4.31 Å². The summed E-state index contributed by atoms with van der Waals surface area (Å²) in [5.41, 5.74) is 1.28. The molecular weight excluding hydrogens is 542 g/mol. The summed E-state index contributed by atoms with van der Waals surface area (Å²) in [6.45, 7) is 4.59. The number of rotatable bonds is 11. The van der Waals surface area contributed by atoms with Crippen molar-refractivity contribution in [2.45, 2.75) is 68.8 Å². The third-order valence-corrected chi connectivity index (χ3v) is 9.78. The number of carbonyl (C=O) groups is 1. The molecule has 220 valence electrons. The summed E-state index contributed by atoms with van der Waals surface area (Å²) in [6, 6.07) is 17.3. The fraction of sp³-hybridized carbons (Fsp3) is 0.484. The van der Waals surface area contributed by atoms with Gasteiger partial charge >= 0.3 is 6.09 Å². The van der Waals surface area contributed by atoms with Crippen molar-refractivity contribution in [3.63, 3.8) is 0 Å². The molecule has 2 unspecified atom stereocenters. The van der Waals surface area contributed by atoms with Crippen molar-refractivity contribution in [1.29, 1.82) is 0 Å². The minimum absolute atomic E-state index is 0.00514. The van der Waals surface area contributed by atoms with E-state index in [1.54, 1.807) is 24.4 Å². The maximum atomic E-state index is 14.0. The van der Waals surface area contributed by atoms with Crippen LogP contribution in [0.1, 0.15) is 38.7 Å². The summed E-state index contributed by atoms with van der Waals surface area (Å²) in [7, 11) is -4.03. The number of sulfonamides is 1. The number of pyridine rings is 1. The number of aromatic nitrogens is 1. The Morgan fingerprint density at radius 1 is 1.10 bits per heavy atom. The lowest BCUT2D eigenvalue weighted by molar-refractivity contribution is 0.0554. The van der Waals surface area contributed by atoms with Gasteiger partial charge in [-0.2, -0.15) is 4.31 Å². The Kier molecular flexibility index (Phi) is 9.23. The highest BCUT2D eigenvalue weighted by Gasteiger charge is 2.40. The molecule has 5 rings (SSSR count). The monoisotopic (exact) mass is 581 g/mol. The van der Waals surface area contributed by atoms with Crippen LogP contribution in [0, 0.1) is 11.8 Å². The summed E-state index contributed by atoms with van der Waals surface area (Å²) in [5.74, 6) is 0.409. The highest BCUT2D eigenvalue weighted by molar-refractivity contribution is 7.89. The molecule has 41 heavy (non-hydrogen) atoms. The van der Waals surface area contributed by atoms with Gasteiger partial charge in [0.1, 0.15) is 11.0 Å². The van der Waals surface area contributed by atoms with E-state index < -0.39 is 28.3 Å². The molecule has 1 amide bonds. The molecule has 2 N–H and O–H groups in total. The lowest BCUT2D eigenvalue weighted by Gasteiger charge is -2.31. The number of ether oxygens (including phenoxy) is 2. The van der Waals surface area contributed by atoms with Crippen LogP contribution in [0.15, 0.2) is 71.8 Å². The number of alkyl carbamates (subject to hydrolysis) is 1. The molecule has 2 aromatic carbocycles. The molecule has 1 aromatic heterocycles. The molecule has 0 spiro atoms. The molecule has 3 aromatic rings. The Bertz CT molecular complexity index is 1420. The largest absolute Gasteiger partial charge is 0.446 e. The van der Waals surface area contributed by atoms with Gasteiger partial charge in [0.05, 0.1) is 23.8 Å². The zero-order chi connectivity index (χ0) is 29.0. The molecule has 1 aliphatic heterocycles. The quantitative estimate of drug-likeness (QED) is 0.349. The molecule has 1 saturated heterocycles. The first-order valence-electron chi connectivity index (χ1n) is 14.4. The smallest absolute Gasteiger partial charge is 0.407 e. The molecule has 9 nitrogen and oxygen atoms in total. The Morgan fingerprint density at radius 3 is 2.63 bits per heavy atom. The number of fused-ring (bicyclic) bond motifs is 2. The number of carbonyl (C=O) groups excluding carboxylic acids is 1. The normalized spacial score (nSPS) is 22.1. The van der Waals surface area contributed by atoms with Gasteiger partial charge in [-0.1, -0.05) is 62.4 Å². The number of nitrogens with one attached hydrogen (secondary N) is 1. The van der Waals surface area contributed by atoms with Crippen LogP contribution >= 0.6 is 0 Å². The molecule has 0 radical (unpaired) electrons. The number of aliphatic hydroxyl groups excluding tert-OH is 1. The third-order valence-electron chi connectivity index (χ3n) is 7.92. The molecular formula is C31H39N3O6S. The lowest BCUT2D eigenvalue weighted by Crippen LogP contribution is -2.51. The van der Waals surface area contributed by atoms with Crippen LogP contribution in [0.2, 0.25) is 0 Å². The topological polar surface area (TPSA) is 118 Å². The predicted molar refractivity (Wildman–Crippen MR) is 156 cm³/mol. The molecule has 1 aliphatic carbocycles. The van der Waals surface area contributed by atoms with Gasteiger partial charge in [0.15, 0.2) is 0 Å². The summed E-state index contributed by atoms with van der Waals surface area (Å²) in [5, 5.41) is 15.1. The van der Waals surface area contributed by atoms with Crippen molar-refractivity contribution in [2.24, 2.45) is 11.8 Å². The van der Waals surface area contributed by atoms with Crippen LogP contribution in [0.5, 0.6) is 0 Å². The minimum Gasteiger partial charge on any atom is -0.446 e. The zero-order valence-corrected chi connectivity index (χ0v) is 24.4. The van der Waals surface area contributed by atoms with E-state index in [1.807, 2.05) is 56.3 Å². The number of aliphatic hydroxyl groups is 1. The number of benzene rings is 2. The van der Waals surface area contributed by atoms with E-state index in [4.69, 9.17) is 9.47 Å². The first-order chi connectivity index (χ1) is 19.7. The first-order valence-corrected chi connectivity index (χ1v) is 15.8. The summed E-state index contributed by atoms with van der Waals surface area (Å²) >= 11 is 0. The number of para-hydroxylation sites is 1. The number of amides is 1. The highest BCUT2D eigenvalue weighted by Crippen LogP contribution is 2.37. The van der Waals surface area contributed by atoms with Gasteiger partial charge in [-0.15, -0.1) is 0 Å². The maximum absolute atomic E-state index is 14.0. The fourth-order valence-corrected chi connectivity index (χ4v) is 7.72. The lowest BCUT2D eigenvalue weighted by atomic mass is 10.0. The molecule has 1 saturated carbocycles. The van der Waals surface area contributed by atoms with Crippen molar-refractivity contribution < 1.29 is 27.8 Å².